The molecule has 0 fully saturated rings. The van der Waals surface area contributed by atoms with Crippen molar-refractivity contribution in [2.75, 3.05) is 18.0 Å². The number of amides is 1. The van der Waals surface area contributed by atoms with Crippen LogP contribution in [0.1, 0.15) is 51.5 Å². The van der Waals surface area contributed by atoms with Crippen LogP contribution < -0.4 is 10.6 Å². The van der Waals surface area contributed by atoms with E-state index < -0.39 is 0 Å². The van der Waals surface area contributed by atoms with Crippen LogP contribution >= 0.6 is 0 Å². The van der Waals surface area contributed by atoms with E-state index in [1.807, 2.05) is 30.0 Å². The molecule has 1 atom stereocenters. The molecule has 1 amide bonds. The van der Waals surface area contributed by atoms with Crippen LogP contribution in [-0.2, 0) is 4.79 Å². The summed E-state index contributed by atoms with van der Waals surface area (Å²) in [6.07, 6.45) is 4.92. The molecule has 0 bridgehead atoms. The Morgan fingerprint density at radius 3 is 2.48 bits per heavy atom. The van der Waals surface area contributed by atoms with Gasteiger partial charge in [0.25, 0.3) is 0 Å². The fourth-order valence-electron chi connectivity index (χ4n) is 2.89. The van der Waals surface area contributed by atoms with Crippen LogP contribution in [0.2, 0.25) is 0 Å². The van der Waals surface area contributed by atoms with Gasteiger partial charge in [0.2, 0.25) is 5.91 Å². The quantitative estimate of drug-likeness (QED) is 0.750. The Labute approximate surface area is 129 Å². The molecule has 1 aromatic rings. The zero-order chi connectivity index (χ0) is 15.7. The van der Waals surface area contributed by atoms with E-state index >= 15 is 0 Å². The fourth-order valence-corrected chi connectivity index (χ4v) is 2.89. The number of para-hydroxylation sites is 1. The van der Waals surface area contributed by atoms with Crippen LogP contribution in [0.5, 0.6) is 0 Å². The molecular formula is C18H30N2O. The number of nitrogens with two attached hydrogens (primary N) is 1. The van der Waals surface area contributed by atoms with E-state index in [4.69, 9.17) is 5.73 Å². The number of benzene rings is 1. The van der Waals surface area contributed by atoms with Gasteiger partial charge in [-0.15, -0.1) is 0 Å². The van der Waals surface area contributed by atoms with Gasteiger partial charge in [-0.05, 0) is 50.8 Å². The highest BCUT2D eigenvalue weighted by Gasteiger charge is 2.17. The zero-order valence-electron chi connectivity index (χ0n) is 13.8. The summed E-state index contributed by atoms with van der Waals surface area (Å²) in [6.45, 7) is 7.72. The molecule has 3 heteroatoms. The van der Waals surface area contributed by atoms with E-state index in [1.165, 1.54) is 6.42 Å². The standard InChI is InChI=1S/C18H30N2O/c1-4-8-16(13-14-19)11-12-18(21)20(5-2)17-10-7-6-9-15(17)3/h6-7,9-10,16H,4-5,8,11-14,19H2,1-3H3. The van der Waals surface area contributed by atoms with Crippen molar-refractivity contribution >= 4 is 11.6 Å². The van der Waals surface area contributed by atoms with E-state index in [0.29, 0.717) is 18.9 Å². The molecule has 0 saturated heterocycles. The lowest BCUT2D eigenvalue weighted by Crippen LogP contribution is -2.31. The Kier molecular flexibility index (Phi) is 8.06. The molecule has 118 valence electrons. The molecule has 1 unspecified atom stereocenters. The maximum absolute atomic E-state index is 12.5. The van der Waals surface area contributed by atoms with Crippen molar-refractivity contribution in [3.8, 4) is 0 Å². The van der Waals surface area contributed by atoms with E-state index in [9.17, 15) is 4.79 Å². The number of hydrogen-bond donors (Lipinski definition) is 1. The summed E-state index contributed by atoms with van der Waals surface area (Å²) in [6, 6.07) is 8.09. The second kappa shape index (κ2) is 9.56. The molecule has 0 saturated carbocycles. The van der Waals surface area contributed by atoms with E-state index in [2.05, 4.69) is 19.9 Å². The number of anilines is 1. The minimum absolute atomic E-state index is 0.227. The van der Waals surface area contributed by atoms with Crippen molar-refractivity contribution in [1.29, 1.82) is 0 Å². The SMILES string of the molecule is CCCC(CCN)CCC(=O)N(CC)c1ccccc1C. The third-order valence-electron chi connectivity index (χ3n) is 4.06. The second-order valence-corrected chi connectivity index (χ2v) is 5.70. The molecule has 0 aromatic heterocycles. The molecule has 21 heavy (non-hydrogen) atoms. The Morgan fingerprint density at radius 2 is 1.90 bits per heavy atom. The predicted molar refractivity (Wildman–Crippen MR) is 90.5 cm³/mol. The Hall–Kier alpha value is -1.35. The molecule has 2 N–H and O–H groups in total. The van der Waals surface area contributed by atoms with Crippen LogP contribution in [0.25, 0.3) is 0 Å². The van der Waals surface area contributed by atoms with Crippen molar-refractivity contribution in [3.05, 3.63) is 29.8 Å². The van der Waals surface area contributed by atoms with E-state index in [1.54, 1.807) is 0 Å². The van der Waals surface area contributed by atoms with Crippen molar-refractivity contribution in [2.45, 2.75) is 52.9 Å². The van der Waals surface area contributed by atoms with Gasteiger partial charge >= 0.3 is 0 Å². The van der Waals surface area contributed by atoms with E-state index in [-0.39, 0.29) is 5.91 Å². The molecule has 1 aromatic carbocycles. The topological polar surface area (TPSA) is 46.3 Å². The summed E-state index contributed by atoms with van der Waals surface area (Å²) < 4.78 is 0. The minimum Gasteiger partial charge on any atom is -0.330 e. The first-order valence-electron chi connectivity index (χ1n) is 8.20. The normalized spacial score (nSPS) is 12.2. The first kappa shape index (κ1) is 17.7. The van der Waals surface area contributed by atoms with Crippen molar-refractivity contribution in [1.82, 2.24) is 0 Å². The average Bonchev–Trinajstić information content (AvgIpc) is 2.48. The van der Waals surface area contributed by atoms with Crippen molar-refractivity contribution in [3.63, 3.8) is 0 Å². The lowest BCUT2D eigenvalue weighted by atomic mass is 9.94. The smallest absolute Gasteiger partial charge is 0.226 e. The summed E-state index contributed by atoms with van der Waals surface area (Å²) in [5, 5.41) is 0. The van der Waals surface area contributed by atoms with Crippen molar-refractivity contribution < 1.29 is 4.79 Å². The second-order valence-electron chi connectivity index (χ2n) is 5.70. The maximum atomic E-state index is 12.5. The van der Waals surface area contributed by atoms with Gasteiger partial charge in [0.1, 0.15) is 0 Å². The average molecular weight is 290 g/mol. The van der Waals surface area contributed by atoms with Gasteiger partial charge in [0, 0.05) is 18.7 Å². The van der Waals surface area contributed by atoms with E-state index in [0.717, 1.165) is 37.1 Å². The van der Waals surface area contributed by atoms with Crippen LogP contribution in [0.4, 0.5) is 5.69 Å². The molecule has 0 aliphatic carbocycles. The predicted octanol–water partition coefficient (Wildman–Crippen LogP) is 3.89. The first-order chi connectivity index (χ1) is 10.1. The van der Waals surface area contributed by atoms with Gasteiger partial charge in [-0.25, -0.2) is 0 Å². The van der Waals surface area contributed by atoms with Crippen LogP contribution in [0, 0.1) is 12.8 Å². The number of aryl methyl sites for hydroxylation is 1. The Bertz CT molecular complexity index is 425. The number of nitrogens with zero attached hydrogens (tertiary/aromatic N) is 1. The Balaban J connectivity index is 2.65. The first-order valence-corrected chi connectivity index (χ1v) is 8.20. The van der Waals surface area contributed by atoms with Gasteiger partial charge in [-0.3, -0.25) is 4.79 Å². The van der Waals surface area contributed by atoms with Crippen LogP contribution in [0.15, 0.2) is 24.3 Å². The van der Waals surface area contributed by atoms with Crippen molar-refractivity contribution in [2.24, 2.45) is 11.7 Å². The molecule has 0 spiro atoms. The number of carbonyl (C=O) groups excluding carboxylic acids is 1. The maximum Gasteiger partial charge on any atom is 0.226 e. The fraction of sp³-hybridized carbons (Fsp3) is 0.611. The van der Waals surface area contributed by atoms with Crippen LogP contribution in [-0.4, -0.2) is 19.0 Å². The number of carbonyl (C=O) groups is 1. The molecule has 0 aliphatic heterocycles. The minimum atomic E-state index is 0.227. The summed E-state index contributed by atoms with van der Waals surface area (Å²) >= 11 is 0. The number of hydrogen-bond acceptors (Lipinski definition) is 2. The van der Waals surface area contributed by atoms with Gasteiger partial charge in [0.05, 0.1) is 0 Å². The third-order valence-corrected chi connectivity index (χ3v) is 4.06. The summed E-state index contributed by atoms with van der Waals surface area (Å²) in [4.78, 5) is 14.4. The highest BCUT2D eigenvalue weighted by molar-refractivity contribution is 5.94. The summed E-state index contributed by atoms with van der Waals surface area (Å²) in [5.74, 6) is 0.810. The number of rotatable bonds is 9. The van der Waals surface area contributed by atoms with Gasteiger partial charge in [-0.1, -0.05) is 38.0 Å². The summed E-state index contributed by atoms with van der Waals surface area (Å²) in [7, 11) is 0. The Morgan fingerprint density at radius 1 is 1.19 bits per heavy atom. The monoisotopic (exact) mass is 290 g/mol. The molecule has 3 nitrogen and oxygen atoms in total. The largest absolute Gasteiger partial charge is 0.330 e. The summed E-state index contributed by atoms with van der Waals surface area (Å²) in [5.41, 5.74) is 7.86. The van der Waals surface area contributed by atoms with Crippen LogP contribution in [0.3, 0.4) is 0 Å². The van der Waals surface area contributed by atoms with Gasteiger partial charge in [0.15, 0.2) is 0 Å². The lowest BCUT2D eigenvalue weighted by molar-refractivity contribution is -0.118. The van der Waals surface area contributed by atoms with Gasteiger partial charge < -0.3 is 10.6 Å². The molecular weight excluding hydrogens is 260 g/mol. The lowest BCUT2D eigenvalue weighted by Gasteiger charge is -2.24. The highest BCUT2D eigenvalue weighted by Crippen LogP contribution is 2.22. The van der Waals surface area contributed by atoms with Gasteiger partial charge in [-0.2, -0.15) is 0 Å². The molecule has 0 heterocycles. The zero-order valence-corrected chi connectivity index (χ0v) is 13.8. The molecule has 0 aliphatic rings. The highest BCUT2D eigenvalue weighted by atomic mass is 16.2. The third kappa shape index (κ3) is 5.50. The molecule has 1 rings (SSSR count). The molecule has 0 radical (unpaired) electrons.